The molecule has 0 radical (unpaired) electrons. The van der Waals surface area contributed by atoms with Gasteiger partial charge in [0.2, 0.25) is 0 Å². The van der Waals surface area contributed by atoms with E-state index in [-0.39, 0.29) is 11.3 Å². The number of nitriles is 1. The van der Waals surface area contributed by atoms with Gasteiger partial charge in [-0.3, -0.25) is 10.1 Å². The van der Waals surface area contributed by atoms with Crippen molar-refractivity contribution >= 4 is 17.1 Å². The highest BCUT2D eigenvalue weighted by atomic mass is 16.6. The van der Waals surface area contributed by atoms with Gasteiger partial charge in [0.1, 0.15) is 5.69 Å². The first-order valence-corrected chi connectivity index (χ1v) is 7.39. The number of benzene rings is 2. The van der Waals surface area contributed by atoms with Gasteiger partial charge in [-0.2, -0.15) is 5.26 Å². The SMILES string of the molecule is CCCNc1ccc(CNc2ccc(C#N)cc2[N+](=O)[O-])cc1. The second-order valence-electron chi connectivity index (χ2n) is 5.08. The second kappa shape index (κ2) is 7.80. The van der Waals surface area contributed by atoms with Crippen LogP contribution in [-0.4, -0.2) is 11.5 Å². The van der Waals surface area contributed by atoms with Crippen molar-refractivity contribution in [1.29, 1.82) is 5.26 Å². The van der Waals surface area contributed by atoms with Crippen molar-refractivity contribution in [3.05, 3.63) is 63.7 Å². The molecule has 2 rings (SSSR count). The van der Waals surface area contributed by atoms with Gasteiger partial charge in [0.15, 0.2) is 0 Å². The van der Waals surface area contributed by atoms with Gasteiger partial charge < -0.3 is 10.6 Å². The van der Waals surface area contributed by atoms with Gasteiger partial charge in [0.25, 0.3) is 5.69 Å². The highest BCUT2D eigenvalue weighted by Crippen LogP contribution is 2.26. The Bertz CT molecular complexity index is 720. The molecule has 0 aliphatic heterocycles. The summed E-state index contributed by atoms with van der Waals surface area (Å²) < 4.78 is 0. The molecule has 0 bridgehead atoms. The molecule has 0 atom stereocenters. The van der Waals surface area contributed by atoms with Crippen molar-refractivity contribution < 1.29 is 4.92 Å². The molecule has 2 N–H and O–H groups in total. The minimum atomic E-state index is -0.485. The van der Waals surface area contributed by atoms with E-state index < -0.39 is 4.92 Å². The van der Waals surface area contributed by atoms with Crippen LogP contribution in [0.3, 0.4) is 0 Å². The van der Waals surface area contributed by atoms with E-state index in [1.54, 1.807) is 12.1 Å². The second-order valence-corrected chi connectivity index (χ2v) is 5.08. The molecule has 0 aromatic heterocycles. The van der Waals surface area contributed by atoms with E-state index in [9.17, 15) is 10.1 Å². The number of nitrogens with zero attached hydrogens (tertiary/aromatic N) is 2. The van der Waals surface area contributed by atoms with E-state index in [2.05, 4.69) is 17.6 Å². The fraction of sp³-hybridized carbons (Fsp3) is 0.235. The van der Waals surface area contributed by atoms with Crippen LogP contribution in [0.1, 0.15) is 24.5 Å². The maximum Gasteiger partial charge on any atom is 0.293 e. The molecule has 6 heteroatoms. The van der Waals surface area contributed by atoms with Gasteiger partial charge in [-0.1, -0.05) is 19.1 Å². The minimum Gasteiger partial charge on any atom is -0.385 e. The van der Waals surface area contributed by atoms with Crippen LogP contribution >= 0.6 is 0 Å². The van der Waals surface area contributed by atoms with E-state index in [4.69, 9.17) is 5.26 Å². The monoisotopic (exact) mass is 310 g/mol. The van der Waals surface area contributed by atoms with Gasteiger partial charge in [-0.05, 0) is 36.2 Å². The lowest BCUT2D eigenvalue weighted by molar-refractivity contribution is -0.384. The molecule has 118 valence electrons. The van der Waals surface area contributed by atoms with Crippen molar-refractivity contribution in [2.75, 3.05) is 17.2 Å². The maximum absolute atomic E-state index is 11.1. The van der Waals surface area contributed by atoms with Crippen LogP contribution in [0.4, 0.5) is 17.1 Å². The average Bonchev–Trinajstić information content (AvgIpc) is 2.58. The first-order chi connectivity index (χ1) is 11.1. The first kappa shape index (κ1) is 16.3. The molecule has 0 aliphatic carbocycles. The summed E-state index contributed by atoms with van der Waals surface area (Å²) in [5.74, 6) is 0. The molecule has 0 spiro atoms. The largest absolute Gasteiger partial charge is 0.385 e. The van der Waals surface area contributed by atoms with Gasteiger partial charge >= 0.3 is 0 Å². The molecular weight excluding hydrogens is 292 g/mol. The lowest BCUT2D eigenvalue weighted by Crippen LogP contribution is -2.04. The third-order valence-corrected chi connectivity index (χ3v) is 3.34. The summed E-state index contributed by atoms with van der Waals surface area (Å²) >= 11 is 0. The normalized spacial score (nSPS) is 9.91. The Kier molecular flexibility index (Phi) is 5.53. The van der Waals surface area contributed by atoms with Gasteiger partial charge in [-0.15, -0.1) is 0 Å². The fourth-order valence-electron chi connectivity index (χ4n) is 2.11. The van der Waals surface area contributed by atoms with E-state index in [1.807, 2.05) is 30.3 Å². The fourth-order valence-corrected chi connectivity index (χ4v) is 2.11. The smallest absolute Gasteiger partial charge is 0.293 e. The third kappa shape index (κ3) is 4.45. The quantitative estimate of drug-likeness (QED) is 0.598. The number of hydrogen-bond donors (Lipinski definition) is 2. The Balaban J connectivity index is 2.06. The first-order valence-electron chi connectivity index (χ1n) is 7.39. The lowest BCUT2D eigenvalue weighted by Gasteiger charge is -2.09. The number of rotatable bonds is 7. The molecular formula is C17H18N4O2. The maximum atomic E-state index is 11.1. The average molecular weight is 310 g/mol. The van der Waals surface area contributed by atoms with E-state index >= 15 is 0 Å². The minimum absolute atomic E-state index is 0.0923. The predicted octanol–water partition coefficient (Wildman–Crippen LogP) is 3.90. The molecule has 0 heterocycles. The van der Waals surface area contributed by atoms with Crippen LogP contribution in [0.2, 0.25) is 0 Å². The molecule has 0 saturated carbocycles. The summed E-state index contributed by atoms with van der Waals surface area (Å²) in [5, 5.41) is 26.3. The number of nitrogens with one attached hydrogen (secondary N) is 2. The van der Waals surface area contributed by atoms with Crippen LogP contribution in [0, 0.1) is 21.4 Å². The van der Waals surface area contributed by atoms with Crippen LogP contribution in [-0.2, 0) is 6.54 Å². The Morgan fingerprint density at radius 3 is 2.52 bits per heavy atom. The van der Waals surface area contributed by atoms with Crippen LogP contribution < -0.4 is 10.6 Å². The Morgan fingerprint density at radius 2 is 1.91 bits per heavy atom. The molecule has 0 aliphatic rings. The van der Waals surface area contributed by atoms with Gasteiger partial charge in [0, 0.05) is 24.8 Å². The molecule has 2 aromatic carbocycles. The van der Waals surface area contributed by atoms with Crippen molar-refractivity contribution in [2.24, 2.45) is 0 Å². The molecule has 6 nitrogen and oxygen atoms in total. The van der Waals surface area contributed by atoms with Crippen molar-refractivity contribution in [2.45, 2.75) is 19.9 Å². The zero-order chi connectivity index (χ0) is 16.7. The summed E-state index contributed by atoms with van der Waals surface area (Å²) in [5.41, 5.74) is 2.66. The van der Waals surface area contributed by atoms with Crippen molar-refractivity contribution in [3.63, 3.8) is 0 Å². The van der Waals surface area contributed by atoms with Gasteiger partial charge in [0.05, 0.1) is 16.6 Å². The Morgan fingerprint density at radius 1 is 1.17 bits per heavy atom. The highest BCUT2D eigenvalue weighted by Gasteiger charge is 2.14. The summed E-state index contributed by atoms with van der Waals surface area (Å²) in [6.07, 6.45) is 1.06. The third-order valence-electron chi connectivity index (χ3n) is 3.34. The molecule has 0 saturated heterocycles. The van der Waals surface area contributed by atoms with Crippen LogP contribution in [0.15, 0.2) is 42.5 Å². The molecule has 0 amide bonds. The Hall–Kier alpha value is -3.07. The standard InChI is InChI=1S/C17H18N4O2/c1-2-9-19-15-6-3-13(4-7-15)12-20-16-8-5-14(11-18)10-17(16)21(22)23/h3-8,10,19-20H,2,9,12H2,1H3. The zero-order valence-electron chi connectivity index (χ0n) is 12.9. The highest BCUT2D eigenvalue weighted by molar-refractivity contribution is 5.64. The van der Waals surface area contributed by atoms with Crippen molar-refractivity contribution in [3.8, 4) is 6.07 Å². The molecule has 23 heavy (non-hydrogen) atoms. The van der Waals surface area contributed by atoms with Crippen LogP contribution in [0.5, 0.6) is 0 Å². The summed E-state index contributed by atoms with van der Waals surface area (Å²) in [4.78, 5) is 10.6. The van der Waals surface area contributed by atoms with E-state index in [0.717, 1.165) is 24.2 Å². The summed E-state index contributed by atoms with van der Waals surface area (Å²) in [7, 11) is 0. The number of nitro benzene ring substituents is 1. The van der Waals surface area contributed by atoms with Gasteiger partial charge in [-0.25, -0.2) is 0 Å². The summed E-state index contributed by atoms with van der Waals surface area (Å²) in [6, 6.07) is 14.2. The number of nitro groups is 1. The molecule has 0 unspecified atom stereocenters. The Labute approximate surface area is 134 Å². The van der Waals surface area contributed by atoms with E-state index in [0.29, 0.717) is 12.2 Å². The van der Waals surface area contributed by atoms with E-state index in [1.165, 1.54) is 6.07 Å². The van der Waals surface area contributed by atoms with Crippen molar-refractivity contribution in [1.82, 2.24) is 0 Å². The lowest BCUT2D eigenvalue weighted by atomic mass is 10.1. The number of hydrogen-bond acceptors (Lipinski definition) is 5. The van der Waals surface area contributed by atoms with Crippen LogP contribution in [0.25, 0.3) is 0 Å². The predicted molar refractivity (Wildman–Crippen MR) is 90.4 cm³/mol. The topological polar surface area (TPSA) is 91.0 Å². The molecule has 0 fully saturated rings. The molecule has 2 aromatic rings. The summed E-state index contributed by atoms with van der Waals surface area (Å²) in [6.45, 7) is 3.51. The zero-order valence-corrected chi connectivity index (χ0v) is 12.9. The number of anilines is 2.